The normalized spacial score (nSPS) is 11.6. The van der Waals surface area contributed by atoms with Gasteiger partial charge in [-0.1, -0.05) is 45.5 Å². The number of benzene rings is 2. The summed E-state index contributed by atoms with van der Waals surface area (Å²) in [4.78, 5) is 33.8. The van der Waals surface area contributed by atoms with Crippen LogP contribution in [-0.2, 0) is 4.79 Å². The van der Waals surface area contributed by atoms with E-state index < -0.39 is 0 Å². The zero-order valence-corrected chi connectivity index (χ0v) is 19.9. The molecule has 3 heterocycles. The number of amides is 1. The quantitative estimate of drug-likeness (QED) is 0.358. The fraction of sp³-hybridized carbons (Fsp3) is 0.0417. The fourth-order valence-electron chi connectivity index (χ4n) is 3.18. The van der Waals surface area contributed by atoms with Crippen LogP contribution in [-0.4, -0.2) is 32.1 Å². The van der Waals surface area contributed by atoms with E-state index in [0.29, 0.717) is 26.8 Å². The molecule has 0 aliphatic rings. The number of aromatic nitrogens is 4. The SMILES string of the molecule is O=C(COc1ccc(/C=c2\sc3nc(-c4ccncc4)nn3c2=O)cc1)Nc1cccc(Br)c1. The topological polar surface area (TPSA) is 98.5 Å². The third-order valence-corrected chi connectivity index (χ3v) is 6.23. The molecular formula is C24H16BrN5O3S. The molecule has 0 spiro atoms. The Labute approximate surface area is 205 Å². The van der Waals surface area contributed by atoms with Crippen LogP contribution in [0.2, 0.25) is 0 Å². The average molecular weight is 534 g/mol. The first-order valence-electron chi connectivity index (χ1n) is 10.2. The molecule has 1 N–H and O–H groups in total. The van der Waals surface area contributed by atoms with Crippen molar-refractivity contribution in [2.24, 2.45) is 0 Å². The van der Waals surface area contributed by atoms with Gasteiger partial charge < -0.3 is 10.1 Å². The van der Waals surface area contributed by atoms with E-state index in [1.165, 1.54) is 15.9 Å². The van der Waals surface area contributed by atoms with Crippen molar-refractivity contribution in [2.75, 3.05) is 11.9 Å². The summed E-state index contributed by atoms with van der Waals surface area (Å²) in [5, 5.41) is 7.11. The van der Waals surface area contributed by atoms with E-state index in [-0.39, 0.29) is 18.1 Å². The van der Waals surface area contributed by atoms with Crippen molar-refractivity contribution in [3.8, 4) is 17.1 Å². The van der Waals surface area contributed by atoms with Crippen LogP contribution in [0, 0.1) is 0 Å². The van der Waals surface area contributed by atoms with Gasteiger partial charge >= 0.3 is 0 Å². The van der Waals surface area contributed by atoms with Crippen LogP contribution in [0.5, 0.6) is 5.75 Å². The van der Waals surface area contributed by atoms with E-state index in [1.54, 1.807) is 48.8 Å². The van der Waals surface area contributed by atoms with Crippen molar-refractivity contribution in [1.82, 2.24) is 19.6 Å². The minimum Gasteiger partial charge on any atom is -0.484 e. The number of pyridine rings is 1. The molecule has 3 aromatic heterocycles. The number of nitrogens with one attached hydrogen (secondary N) is 1. The van der Waals surface area contributed by atoms with E-state index >= 15 is 0 Å². The number of halogens is 1. The molecular weight excluding hydrogens is 518 g/mol. The monoisotopic (exact) mass is 533 g/mol. The summed E-state index contributed by atoms with van der Waals surface area (Å²) in [5.74, 6) is 0.779. The molecule has 0 saturated carbocycles. The first-order chi connectivity index (χ1) is 16.5. The number of hydrogen-bond acceptors (Lipinski definition) is 7. The first-order valence-corrected chi connectivity index (χ1v) is 11.8. The second kappa shape index (κ2) is 9.54. The van der Waals surface area contributed by atoms with Crippen LogP contribution in [0.4, 0.5) is 5.69 Å². The third kappa shape index (κ3) is 4.87. The van der Waals surface area contributed by atoms with E-state index in [9.17, 15) is 9.59 Å². The van der Waals surface area contributed by atoms with Crippen LogP contribution in [0.1, 0.15) is 5.56 Å². The molecule has 0 aliphatic heterocycles. The van der Waals surface area contributed by atoms with E-state index in [1.807, 2.05) is 30.3 Å². The Balaban J connectivity index is 1.26. The maximum atomic E-state index is 12.7. The van der Waals surface area contributed by atoms with Gasteiger partial charge in [0.2, 0.25) is 4.96 Å². The van der Waals surface area contributed by atoms with Crippen molar-refractivity contribution < 1.29 is 9.53 Å². The number of anilines is 1. The molecule has 0 atom stereocenters. The molecule has 0 aliphatic carbocycles. The van der Waals surface area contributed by atoms with Crippen LogP contribution < -0.4 is 20.1 Å². The molecule has 8 nitrogen and oxygen atoms in total. The standard InChI is InChI=1S/C24H16BrN5O3S/c25-17-2-1-3-18(13-17)27-21(31)14-33-19-6-4-15(5-7-19)12-20-23(32)30-24(34-20)28-22(29-30)16-8-10-26-11-9-16/h1-13H,14H2,(H,27,31)/b20-12-. The molecule has 2 aromatic carbocycles. The average Bonchev–Trinajstić information content (AvgIpc) is 3.38. The van der Waals surface area contributed by atoms with Gasteiger partial charge in [-0.3, -0.25) is 14.6 Å². The van der Waals surface area contributed by atoms with Crippen LogP contribution >= 0.6 is 27.3 Å². The smallest absolute Gasteiger partial charge is 0.291 e. The predicted octanol–water partition coefficient (Wildman–Crippen LogP) is 3.54. The molecule has 5 aromatic rings. The number of rotatable bonds is 6. The number of ether oxygens (including phenoxy) is 1. The van der Waals surface area contributed by atoms with Gasteiger partial charge in [0.05, 0.1) is 4.53 Å². The van der Waals surface area contributed by atoms with Gasteiger partial charge in [0.1, 0.15) is 5.75 Å². The van der Waals surface area contributed by atoms with Crippen LogP contribution in [0.3, 0.4) is 0 Å². The van der Waals surface area contributed by atoms with Gasteiger partial charge in [0.15, 0.2) is 12.4 Å². The first kappa shape index (κ1) is 21.9. The number of hydrogen-bond donors (Lipinski definition) is 1. The zero-order valence-electron chi connectivity index (χ0n) is 17.5. The maximum Gasteiger partial charge on any atom is 0.291 e. The highest BCUT2D eigenvalue weighted by atomic mass is 79.9. The lowest BCUT2D eigenvalue weighted by Crippen LogP contribution is -2.23. The summed E-state index contributed by atoms with van der Waals surface area (Å²) < 4.78 is 8.28. The predicted molar refractivity (Wildman–Crippen MR) is 134 cm³/mol. The van der Waals surface area contributed by atoms with Gasteiger partial charge in [-0.15, -0.1) is 5.10 Å². The minimum absolute atomic E-state index is 0.117. The highest BCUT2D eigenvalue weighted by Gasteiger charge is 2.12. The highest BCUT2D eigenvalue weighted by Crippen LogP contribution is 2.17. The summed E-state index contributed by atoms with van der Waals surface area (Å²) >= 11 is 4.64. The van der Waals surface area contributed by atoms with E-state index in [0.717, 1.165) is 15.6 Å². The second-order valence-electron chi connectivity index (χ2n) is 7.20. The number of thiazole rings is 1. The Bertz CT molecular complexity index is 1580. The lowest BCUT2D eigenvalue weighted by molar-refractivity contribution is -0.118. The molecule has 0 radical (unpaired) electrons. The molecule has 1 amide bonds. The minimum atomic E-state index is -0.259. The van der Waals surface area contributed by atoms with Gasteiger partial charge in [-0.05, 0) is 54.1 Å². The lowest BCUT2D eigenvalue weighted by Gasteiger charge is -2.08. The van der Waals surface area contributed by atoms with Gasteiger partial charge in [0.25, 0.3) is 11.5 Å². The molecule has 0 fully saturated rings. The van der Waals surface area contributed by atoms with Gasteiger partial charge in [0, 0.05) is 28.1 Å². The number of carbonyl (C=O) groups is 1. The van der Waals surface area contributed by atoms with Gasteiger partial charge in [-0.25, -0.2) is 0 Å². The molecule has 0 bridgehead atoms. The zero-order chi connectivity index (χ0) is 23.5. The summed E-state index contributed by atoms with van der Waals surface area (Å²) in [6, 6.07) is 18.1. The number of fused-ring (bicyclic) bond motifs is 1. The van der Waals surface area contributed by atoms with E-state index in [2.05, 4.69) is 36.3 Å². The molecule has 0 unspecified atom stereocenters. The van der Waals surface area contributed by atoms with E-state index in [4.69, 9.17) is 4.74 Å². The Morgan fingerprint density at radius 3 is 2.65 bits per heavy atom. The Morgan fingerprint density at radius 2 is 1.91 bits per heavy atom. The van der Waals surface area contributed by atoms with Crippen molar-refractivity contribution in [1.29, 1.82) is 0 Å². The van der Waals surface area contributed by atoms with Crippen LogP contribution in [0.25, 0.3) is 22.4 Å². The van der Waals surface area contributed by atoms with Gasteiger partial charge in [-0.2, -0.15) is 9.50 Å². The summed E-state index contributed by atoms with van der Waals surface area (Å²) in [6.07, 6.45) is 5.09. The highest BCUT2D eigenvalue weighted by molar-refractivity contribution is 9.10. The Morgan fingerprint density at radius 1 is 1.12 bits per heavy atom. The van der Waals surface area contributed by atoms with Crippen molar-refractivity contribution in [3.05, 3.63) is 98.0 Å². The fourth-order valence-corrected chi connectivity index (χ4v) is 4.49. The third-order valence-electron chi connectivity index (χ3n) is 4.78. The molecule has 34 heavy (non-hydrogen) atoms. The Hall–Kier alpha value is -3.89. The summed E-state index contributed by atoms with van der Waals surface area (Å²) in [5.41, 5.74) is 2.09. The number of nitrogens with zero attached hydrogens (tertiary/aromatic N) is 4. The maximum absolute atomic E-state index is 12.7. The van der Waals surface area contributed by atoms with Crippen molar-refractivity contribution in [2.45, 2.75) is 0 Å². The second-order valence-corrected chi connectivity index (χ2v) is 9.12. The van der Waals surface area contributed by atoms with Crippen molar-refractivity contribution in [3.63, 3.8) is 0 Å². The summed E-state index contributed by atoms with van der Waals surface area (Å²) in [7, 11) is 0. The lowest BCUT2D eigenvalue weighted by atomic mass is 10.2. The molecule has 168 valence electrons. The largest absolute Gasteiger partial charge is 0.484 e. The molecule has 0 saturated heterocycles. The summed E-state index contributed by atoms with van der Waals surface area (Å²) in [6.45, 7) is -0.117. The number of carbonyl (C=O) groups excluding carboxylic acids is 1. The van der Waals surface area contributed by atoms with Crippen LogP contribution in [0.15, 0.2) is 82.3 Å². The molecule has 10 heteroatoms. The Kier molecular flexibility index (Phi) is 6.15. The van der Waals surface area contributed by atoms with Crippen molar-refractivity contribution >= 4 is 49.9 Å². The molecule has 5 rings (SSSR count).